The van der Waals surface area contributed by atoms with Gasteiger partial charge in [0.2, 0.25) is 0 Å². The first kappa shape index (κ1) is 12.2. The van der Waals surface area contributed by atoms with E-state index >= 15 is 0 Å². The van der Waals surface area contributed by atoms with Crippen molar-refractivity contribution in [3.05, 3.63) is 35.4 Å². The Morgan fingerprint density at radius 1 is 1.50 bits per heavy atom. The van der Waals surface area contributed by atoms with Gasteiger partial charge >= 0.3 is 0 Å². The van der Waals surface area contributed by atoms with Crippen LogP contribution in [0.1, 0.15) is 15.9 Å². The molecule has 1 aromatic rings. The fourth-order valence-electron chi connectivity index (χ4n) is 1.03. The summed E-state index contributed by atoms with van der Waals surface area (Å²) < 4.78 is 4.75. The Labute approximate surface area is 93.5 Å². The minimum absolute atomic E-state index is 0.278. The van der Waals surface area contributed by atoms with Crippen LogP contribution in [0.4, 0.5) is 0 Å². The summed E-state index contributed by atoms with van der Waals surface area (Å²) in [6.45, 7) is 0.679. The Morgan fingerprint density at radius 3 is 3.00 bits per heavy atom. The highest BCUT2D eigenvalue weighted by Gasteiger charge is 2.05. The van der Waals surface area contributed by atoms with E-state index in [-0.39, 0.29) is 12.5 Å². The number of hydrogen-bond acceptors (Lipinski definition) is 4. The van der Waals surface area contributed by atoms with E-state index in [1.165, 1.54) is 6.07 Å². The summed E-state index contributed by atoms with van der Waals surface area (Å²) in [5, 5.41) is 8.66. The number of amides is 1. The molecule has 0 saturated heterocycles. The van der Waals surface area contributed by atoms with Crippen LogP contribution in [0.3, 0.4) is 0 Å². The van der Waals surface area contributed by atoms with E-state index in [2.05, 4.69) is 5.48 Å². The van der Waals surface area contributed by atoms with Crippen LogP contribution in [0.25, 0.3) is 0 Å². The first-order valence-corrected chi connectivity index (χ1v) is 4.69. The largest absolute Gasteiger partial charge is 0.382 e. The maximum atomic E-state index is 11.5. The summed E-state index contributed by atoms with van der Waals surface area (Å²) in [6, 6.07) is 8.33. The van der Waals surface area contributed by atoms with Crippen molar-refractivity contribution in [1.29, 1.82) is 5.26 Å². The molecule has 0 unspecified atom stereocenters. The molecule has 0 atom stereocenters. The number of methoxy groups -OCH3 is 1. The zero-order valence-electron chi connectivity index (χ0n) is 8.90. The minimum atomic E-state index is -0.381. The highest BCUT2D eigenvalue weighted by atomic mass is 16.7. The molecular formula is C11H12N2O3. The van der Waals surface area contributed by atoms with Crippen molar-refractivity contribution in [2.45, 2.75) is 0 Å². The number of carbonyl (C=O) groups is 1. The molecule has 0 heterocycles. The molecule has 0 bridgehead atoms. The van der Waals surface area contributed by atoms with Crippen LogP contribution < -0.4 is 5.48 Å². The highest BCUT2D eigenvalue weighted by Crippen LogP contribution is 2.03. The van der Waals surface area contributed by atoms with Crippen molar-refractivity contribution in [1.82, 2.24) is 5.48 Å². The van der Waals surface area contributed by atoms with E-state index in [1.54, 1.807) is 25.3 Å². The molecule has 16 heavy (non-hydrogen) atoms. The number of carbonyl (C=O) groups excluding carboxylic acids is 1. The van der Waals surface area contributed by atoms with Crippen LogP contribution in [-0.4, -0.2) is 26.2 Å². The van der Waals surface area contributed by atoms with Gasteiger partial charge in [-0.1, -0.05) is 6.07 Å². The van der Waals surface area contributed by atoms with Crippen molar-refractivity contribution in [3.8, 4) is 6.07 Å². The molecule has 0 aliphatic rings. The molecule has 0 radical (unpaired) electrons. The number of rotatable bonds is 5. The predicted molar refractivity (Wildman–Crippen MR) is 56.5 cm³/mol. The monoisotopic (exact) mass is 220 g/mol. The molecule has 0 fully saturated rings. The van der Waals surface area contributed by atoms with Crippen LogP contribution >= 0.6 is 0 Å². The summed E-state index contributed by atoms with van der Waals surface area (Å²) in [4.78, 5) is 16.3. The van der Waals surface area contributed by atoms with E-state index in [4.69, 9.17) is 14.8 Å². The van der Waals surface area contributed by atoms with Gasteiger partial charge in [0, 0.05) is 12.7 Å². The number of ether oxygens (including phenoxy) is 1. The topological polar surface area (TPSA) is 71.3 Å². The zero-order chi connectivity index (χ0) is 11.8. The first-order valence-electron chi connectivity index (χ1n) is 4.69. The molecule has 1 amide bonds. The van der Waals surface area contributed by atoms with E-state index in [1.807, 2.05) is 6.07 Å². The van der Waals surface area contributed by atoms with Crippen molar-refractivity contribution >= 4 is 5.91 Å². The van der Waals surface area contributed by atoms with E-state index in [9.17, 15) is 4.79 Å². The van der Waals surface area contributed by atoms with Crippen molar-refractivity contribution < 1.29 is 14.4 Å². The molecular weight excluding hydrogens is 208 g/mol. The lowest BCUT2D eigenvalue weighted by Gasteiger charge is -2.05. The van der Waals surface area contributed by atoms with Gasteiger partial charge in [-0.05, 0) is 18.2 Å². The second-order valence-electron chi connectivity index (χ2n) is 2.97. The highest BCUT2D eigenvalue weighted by molar-refractivity contribution is 5.93. The molecule has 1 aromatic carbocycles. The summed E-state index contributed by atoms with van der Waals surface area (Å²) in [5.41, 5.74) is 3.08. The number of nitrogens with one attached hydrogen (secondary N) is 1. The lowest BCUT2D eigenvalue weighted by atomic mass is 10.1. The lowest BCUT2D eigenvalue weighted by molar-refractivity contribution is 0.00888. The predicted octanol–water partition coefficient (Wildman–Crippen LogP) is 0.866. The average molecular weight is 220 g/mol. The Hall–Kier alpha value is -1.90. The standard InChI is InChI=1S/C11H12N2O3/c1-15-5-6-16-13-11(14)10-4-2-3-9(7-10)8-12/h2-4,7H,5-6H2,1H3,(H,13,14). The Morgan fingerprint density at radius 2 is 2.31 bits per heavy atom. The molecule has 84 valence electrons. The average Bonchev–Trinajstić information content (AvgIpc) is 2.34. The summed E-state index contributed by atoms with van der Waals surface area (Å²) in [7, 11) is 1.54. The van der Waals surface area contributed by atoms with Gasteiger partial charge in [0.1, 0.15) is 0 Å². The number of hydrogen-bond donors (Lipinski definition) is 1. The number of nitriles is 1. The summed E-state index contributed by atoms with van der Waals surface area (Å²) in [6.07, 6.45) is 0. The fraction of sp³-hybridized carbons (Fsp3) is 0.273. The molecule has 0 aliphatic heterocycles. The van der Waals surface area contributed by atoms with Crippen LogP contribution in [0.5, 0.6) is 0 Å². The number of benzene rings is 1. The quantitative estimate of drug-likeness (QED) is 0.590. The van der Waals surface area contributed by atoms with Crippen LogP contribution in [0.2, 0.25) is 0 Å². The first-order chi connectivity index (χ1) is 7.77. The summed E-state index contributed by atoms with van der Waals surface area (Å²) >= 11 is 0. The van der Waals surface area contributed by atoms with Gasteiger partial charge in [-0.25, -0.2) is 5.48 Å². The van der Waals surface area contributed by atoms with E-state index in [0.29, 0.717) is 17.7 Å². The molecule has 0 aliphatic carbocycles. The van der Waals surface area contributed by atoms with Crippen LogP contribution in [0, 0.1) is 11.3 Å². The van der Waals surface area contributed by atoms with Crippen molar-refractivity contribution in [2.75, 3.05) is 20.3 Å². The number of hydroxylamine groups is 1. The maximum absolute atomic E-state index is 11.5. The second kappa shape index (κ2) is 6.56. The van der Waals surface area contributed by atoms with Gasteiger partial charge in [0.05, 0.1) is 24.8 Å². The van der Waals surface area contributed by atoms with Crippen LogP contribution in [-0.2, 0) is 9.57 Å². The van der Waals surface area contributed by atoms with Gasteiger partial charge in [0.15, 0.2) is 0 Å². The SMILES string of the molecule is COCCONC(=O)c1cccc(C#N)c1. The van der Waals surface area contributed by atoms with Gasteiger partial charge in [0.25, 0.3) is 5.91 Å². The molecule has 0 saturated carbocycles. The van der Waals surface area contributed by atoms with Gasteiger partial charge in [-0.2, -0.15) is 5.26 Å². The second-order valence-corrected chi connectivity index (χ2v) is 2.97. The Kier molecular flexibility index (Phi) is 4.99. The van der Waals surface area contributed by atoms with Crippen LogP contribution in [0.15, 0.2) is 24.3 Å². The fourth-order valence-corrected chi connectivity index (χ4v) is 1.03. The minimum Gasteiger partial charge on any atom is -0.382 e. The molecule has 1 N–H and O–H groups in total. The smallest absolute Gasteiger partial charge is 0.274 e. The van der Waals surface area contributed by atoms with Gasteiger partial charge in [-0.3, -0.25) is 9.63 Å². The lowest BCUT2D eigenvalue weighted by Crippen LogP contribution is -2.25. The van der Waals surface area contributed by atoms with Crippen molar-refractivity contribution in [3.63, 3.8) is 0 Å². The maximum Gasteiger partial charge on any atom is 0.274 e. The number of nitrogens with zero attached hydrogens (tertiary/aromatic N) is 1. The van der Waals surface area contributed by atoms with Gasteiger partial charge in [-0.15, -0.1) is 0 Å². The third kappa shape index (κ3) is 3.69. The Bertz CT molecular complexity index is 398. The molecule has 0 spiro atoms. The van der Waals surface area contributed by atoms with E-state index in [0.717, 1.165) is 0 Å². The van der Waals surface area contributed by atoms with Gasteiger partial charge < -0.3 is 4.74 Å². The molecule has 0 aromatic heterocycles. The third-order valence-corrected chi connectivity index (χ3v) is 1.81. The zero-order valence-corrected chi connectivity index (χ0v) is 8.90. The van der Waals surface area contributed by atoms with E-state index < -0.39 is 0 Å². The molecule has 5 nitrogen and oxygen atoms in total. The third-order valence-electron chi connectivity index (χ3n) is 1.81. The normalized spacial score (nSPS) is 9.50. The Balaban J connectivity index is 2.50. The molecule has 1 rings (SSSR count). The van der Waals surface area contributed by atoms with Crippen molar-refractivity contribution in [2.24, 2.45) is 0 Å². The summed E-state index contributed by atoms with van der Waals surface area (Å²) in [5.74, 6) is -0.381. The molecule has 5 heteroatoms.